The molecule has 0 saturated carbocycles. The molecule has 1 aliphatic heterocycles. The number of hydrogen-bond acceptors (Lipinski definition) is 3. The third-order valence-electron chi connectivity index (χ3n) is 3.83. The van der Waals surface area contributed by atoms with Crippen molar-refractivity contribution in [2.75, 3.05) is 33.3 Å². The number of ether oxygens (including phenoxy) is 1. The molecule has 0 aromatic heterocycles. The number of piperidine rings is 1. The van der Waals surface area contributed by atoms with Gasteiger partial charge in [0.05, 0.1) is 18.1 Å². The van der Waals surface area contributed by atoms with Crippen LogP contribution in [-0.4, -0.2) is 44.1 Å². The molecule has 122 valence electrons. The lowest BCUT2D eigenvalue weighted by molar-refractivity contribution is -0.133. The van der Waals surface area contributed by atoms with Crippen LogP contribution >= 0.6 is 23.2 Å². The second kappa shape index (κ2) is 8.61. The minimum Gasteiger partial charge on any atom is -0.491 e. The summed E-state index contributed by atoms with van der Waals surface area (Å²) in [6, 6.07) is 5.07. The van der Waals surface area contributed by atoms with Gasteiger partial charge in [-0.25, -0.2) is 0 Å². The van der Waals surface area contributed by atoms with Gasteiger partial charge in [-0.1, -0.05) is 23.2 Å². The summed E-state index contributed by atoms with van der Waals surface area (Å²) < 4.78 is 5.58. The second-order valence-electron chi connectivity index (χ2n) is 5.58. The normalized spacial score (nSPS) is 18.3. The Kier molecular flexibility index (Phi) is 6.80. The van der Waals surface area contributed by atoms with Crippen molar-refractivity contribution in [2.24, 2.45) is 5.92 Å². The highest BCUT2D eigenvalue weighted by molar-refractivity contribution is 6.35. The highest BCUT2D eigenvalue weighted by Gasteiger charge is 2.22. The van der Waals surface area contributed by atoms with E-state index >= 15 is 0 Å². The maximum atomic E-state index is 12.2. The van der Waals surface area contributed by atoms with Gasteiger partial charge in [-0.15, -0.1) is 0 Å². The monoisotopic (exact) mass is 344 g/mol. The van der Waals surface area contributed by atoms with Gasteiger partial charge < -0.3 is 15.0 Å². The Morgan fingerprint density at radius 2 is 2.27 bits per heavy atom. The van der Waals surface area contributed by atoms with E-state index in [4.69, 9.17) is 27.9 Å². The van der Waals surface area contributed by atoms with Gasteiger partial charge in [0, 0.05) is 18.1 Å². The van der Waals surface area contributed by atoms with E-state index in [2.05, 4.69) is 5.32 Å². The Labute approximate surface area is 141 Å². The molecular formula is C16H22Cl2N2O2. The molecule has 2 rings (SSSR count). The molecule has 1 fully saturated rings. The molecule has 1 unspecified atom stereocenters. The predicted molar refractivity (Wildman–Crippen MR) is 89.8 cm³/mol. The van der Waals surface area contributed by atoms with Crippen molar-refractivity contribution >= 4 is 29.1 Å². The summed E-state index contributed by atoms with van der Waals surface area (Å²) in [5.41, 5.74) is 0. The lowest BCUT2D eigenvalue weighted by atomic mass is 9.98. The molecule has 0 bridgehead atoms. The van der Waals surface area contributed by atoms with Crippen LogP contribution in [-0.2, 0) is 4.79 Å². The second-order valence-corrected chi connectivity index (χ2v) is 6.42. The van der Waals surface area contributed by atoms with Crippen molar-refractivity contribution in [1.82, 2.24) is 10.2 Å². The first-order valence-electron chi connectivity index (χ1n) is 7.60. The fourth-order valence-corrected chi connectivity index (χ4v) is 3.21. The van der Waals surface area contributed by atoms with Crippen molar-refractivity contribution in [3.63, 3.8) is 0 Å². The molecule has 1 N–H and O–H groups in total. The van der Waals surface area contributed by atoms with Crippen molar-refractivity contribution in [3.8, 4) is 5.75 Å². The van der Waals surface area contributed by atoms with Gasteiger partial charge >= 0.3 is 0 Å². The van der Waals surface area contributed by atoms with Crippen LogP contribution in [0.5, 0.6) is 5.75 Å². The molecule has 4 nitrogen and oxygen atoms in total. The standard InChI is InChI=1S/C16H22Cl2N2O2/c1-19-10-12-3-2-7-20(11-12)16(21)6-8-22-15-5-4-13(17)9-14(15)18/h4-5,9,12,19H,2-3,6-8,10-11H2,1H3. The largest absolute Gasteiger partial charge is 0.491 e. The van der Waals surface area contributed by atoms with Gasteiger partial charge in [0.2, 0.25) is 5.91 Å². The number of benzene rings is 1. The van der Waals surface area contributed by atoms with Crippen LogP contribution in [0.1, 0.15) is 19.3 Å². The highest BCUT2D eigenvalue weighted by atomic mass is 35.5. The third-order valence-corrected chi connectivity index (χ3v) is 4.36. The molecule has 1 atom stereocenters. The average molecular weight is 345 g/mol. The van der Waals surface area contributed by atoms with Crippen molar-refractivity contribution in [3.05, 3.63) is 28.2 Å². The van der Waals surface area contributed by atoms with Crippen LogP contribution in [0.3, 0.4) is 0 Å². The minimum absolute atomic E-state index is 0.144. The predicted octanol–water partition coefficient (Wildman–Crippen LogP) is 3.22. The van der Waals surface area contributed by atoms with Crippen LogP contribution in [0.4, 0.5) is 0 Å². The lowest BCUT2D eigenvalue weighted by Crippen LogP contribution is -2.42. The molecule has 1 saturated heterocycles. The van der Waals surface area contributed by atoms with Crippen molar-refractivity contribution in [2.45, 2.75) is 19.3 Å². The molecule has 1 aliphatic rings. The van der Waals surface area contributed by atoms with Crippen molar-refractivity contribution in [1.29, 1.82) is 0 Å². The van der Waals surface area contributed by atoms with E-state index in [0.717, 1.165) is 26.1 Å². The van der Waals surface area contributed by atoms with E-state index in [-0.39, 0.29) is 5.91 Å². The van der Waals surface area contributed by atoms with E-state index in [0.29, 0.717) is 34.7 Å². The number of carbonyl (C=O) groups excluding carboxylic acids is 1. The Balaban J connectivity index is 1.77. The first kappa shape index (κ1) is 17.4. The maximum absolute atomic E-state index is 12.2. The zero-order chi connectivity index (χ0) is 15.9. The number of halogens is 2. The quantitative estimate of drug-likeness (QED) is 0.861. The van der Waals surface area contributed by atoms with E-state index in [1.165, 1.54) is 6.42 Å². The fourth-order valence-electron chi connectivity index (χ4n) is 2.75. The molecular weight excluding hydrogens is 323 g/mol. The van der Waals surface area contributed by atoms with E-state index in [1.54, 1.807) is 18.2 Å². The fraction of sp³-hybridized carbons (Fsp3) is 0.562. The molecule has 1 aromatic rings. The Morgan fingerprint density at radius 3 is 3.00 bits per heavy atom. The van der Waals surface area contributed by atoms with E-state index in [9.17, 15) is 4.79 Å². The molecule has 1 amide bonds. The highest BCUT2D eigenvalue weighted by Crippen LogP contribution is 2.27. The average Bonchev–Trinajstić information content (AvgIpc) is 2.50. The SMILES string of the molecule is CNCC1CCCN(C(=O)CCOc2ccc(Cl)cc2Cl)C1. The third kappa shape index (κ3) is 5.04. The van der Waals surface area contributed by atoms with E-state index in [1.807, 2.05) is 11.9 Å². The van der Waals surface area contributed by atoms with Gasteiger partial charge in [-0.2, -0.15) is 0 Å². The van der Waals surface area contributed by atoms with Crippen LogP contribution in [0, 0.1) is 5.92 Å². The van der Waals surface area contributed by atoms with Crippen LogP contribution in [0.2, 0.25) is 10.0 Å². The first-order valence-corrected chi connectivity index (χ1v) is 8.36. The zero-order valence-corrected chi connectivity index (χ0v) is 14.3. The summed E-state index contributed by atoms with van der Waals surface area (Å²) >= 11 is 11.9. The minimum atomic E-state index is 0.144. The van der Waals surface area contributed by atoms with Crippen LogP contribution in [0.25, 0.3) is 0 Å². The Hall–Kier alpha value is -0.970. The molecule has 1 aromatic carbocycles. The summed E-state index contributed by atoms with van der Waals surface area (Å²) in [6.45, 7) is 2.97. The first-order chi connectivity index (χ1) is 10.6. The number of nitrogens with one attached hydrogen (secondary N) is 1. The van der Waals surface area contributed by atoms with Gasteiger partial charge in [-0.05, 0) is 50.6 Å². The Morgan fingerprint density at radius 1 is 1.45 bits per heavy atom. The molecule has 0 spiro atoms. The van der Waals surface area contributed by atoms with Crippen LogP contribution in [0.15, 0.2) is 18.2 Å². The topological polar surface area (TPSA) is 41.6 Å². The molecule has 22 heavy (non-hydrogen) atoms. The van der Waals surface area contributed by atoms with Crippen molar-refractivity contribution < 1.29 is 9.53 Å². The van der Waals surface area contributed by atoms with Gasteiger partial charge in [0.25, 0.3) is 0 Å². The number of hydrogen-bond donors (Lipinski definition) is 1. The number of amides is 1. The number of carbonyl (C=O) groups is 1. The summed E-state index contributed by atoms with van der Waals surface area (Å²) in [7, 11) is 1.95. The maximum Gasteiger partial charge on any atom is 0.226 e. The number of nitrogens with zero attached hydrogens (tertiary/aromatic N) is 1. The lowest BCUT2D eigenvalue weighted by Gasteiger charge is -2.32. The smallest absolute Gasteiger partial charge is 0.226 e. The summed E-state index contributed by atoms with van der Waals surface area (Å²) in [6.07, 6.45) is 2.62. The number of likely N-dealkylation sites (tertiary alicyclic amines) is 1. The Bertz CT molecular complexity index is 509. The summed E-state index contributed by atoms with van der Waals surface area (Å²) in [5, 5.41) is 4.22. The summed E-state index contributed by atoms with van der Waals surface area (Å²) in [4.78, 5) is 14.2. The van der Waals surface area contributed by atoms with Gasteiger partial charge in [0.15, 0.2) is 0 Å². The van der Waals surface area contributed by atoms with Gasteiger partial charge in [0.1, 0.15) is 5.75 Å². The molecule has 0 aliphatic carbocycles. The molecule has 0 radical (unpaired) electrons. The molecule has 1 heterocycles. The van der Waals surface area contributed by atoms with Gasteiger partial charge in [-0.3, -0.25) is 4.79 Å². The van der Waals surface area contributed by atoms with Crippen LogP contribution < -0.4 is 10.1 Å². The number of rotatable bonds is 6. The molecule has 6 heteroatoms. The van der Waals surface area contributed by atoms with E-state index < -0.39 is 0 Å². The summed E-state index contributed by atoms with van der Waals surface area (Å²) in [5.74, 6) is 1.26. The zero-order valence-electron chi connectivity index (χ0n) is 12.8.